The maximum atomic E-state index is 13.3. The molecule has 164 valence electrons. The first-order valence-electron chi connectivity index (χ1n) is 11.0. The Bertz CT molecular complexity index is 1380. The minimum Gasteiger partial charge on any atom is -0.273 e. The van der Waals surface area contributed by atoms with Gasteiger partial charge in [-0.3, -0.25) is 9.59 Å². The zero-order chi connectivity index (χ0) is 23.4. The molecule has 33 heavy (non-hydrogen) atoms. The largest absolute Gasteiger partial charge is 0.273 e. The van der Waals surface area contributed by atoms with E-state index in [1.54, 1.807) is 27.7 Å². The van der Waals surface area contributed by atoms with Gasteiger partial charge in [0.2, 0.25) is 17.8 Å². The van der Waals surface area contributed by atoms with E-state index in [4.69, 9.17) is 4.98 Å². The van der Waals surface area contributed by atoms with Crippen molar-refractivity contribution < 1.29 is 9.59 Å². The summed E-state index contributed by atoms with van der Waals surface area (Å²) in [4.78, 5) is 37.2. The molecule has 1 aliphatic rings. The number of nitrogens with zero attached hydrogens (tertiary/aromatic N) is 3. The number of aromatic nitrogens is 2. The molecule has 0 saturated carbocycles. The fourth-order valence-corrected chi connectivity index (χ4v) is 4.23. The number of amides is 2. The Morgan fingerprint density at radius 3 is 1.91 bits per heavy atom. The van der Waals surface area contributed by atoms with Gasteiger partial charge in [0.1, 0.15) is 0 Å². The van der Waals surface area contributed by atoms with Gasteiger partial charge < -0.3 is 0 Å². The second kappa shape index (κ2) is 7.34. The lowest BCUT2D eigenvalue weighted by Crippen LogP contribution is -2.35. The minimum absolute atomic E-state index is 0.127. The molecule has 0 unspecified atom stereocenters. The predicted octanol–water partition coefficient (Wildman–Crippen LogP) is 5.89. The summed E-state index contributed by atoms with van der Waals surface area (Å²) in [5.74, 6) is -0.434. The Morgan fingerprint density at radius 1 is 0.636 bits per heavy atom. The van der Waals surface area contributed by atoms with Gasteiger partial charge in [0.25, 0.3) is 0 Å². The average molecular weight is 436 g/mol. The molecule has 5 heteroatoms. The summed E-state index contributed by atoms with van der Waals surface area (Å²) in [7, 11) is 0. The molecule has 0 bridgehead atoms. The summed E-state index contributed by atoms with van der Waals surface area (Å²) in [5, 5.41) is 0.865. The second-order valence-corrected chi connectivity index (χ2v) is 9.53. The van der Waals surface area contributed by atoms with Crippen molar-refractivity contribution in [3.05, 3.63) is 78.9 Å². The maximum absolute atomic E-state index is 13.3. The van der Waals surface area contributed by atoms with Gasteiger partial charge in [-0.1, -0.05) is 66.7 Å². The van der Waals surface area contributed by atoms with Crippen LogP contribution in [0, 0.1) is 10.8 Å². The number of rotatable bonds is 3. The van der Waals surface area contributed by atoms with Crippen LogP contribution < -0.4 is 4.90 Å². The number of carbonyl (C=O) groups excluding carboxylic acids is 2. The normalized spacial score (nSPS) is 17.0. The first-order chi connectivity index (χ1) is 15.7. The standard InChI is InChI=1S/C28H25N3O2/c1-27(2)24(32)31(25(33)28(27,3)4)26-29-22-16-9-8-15-21(22)23(30-26)20-14-10-13-19(17-20)18-11-6-5-7-12-18/h5-17H,1-4H3. The summed E-state index contributed by atoms with van der Waals surface area (Å²) in [6.07, 6.45) is 0. The third-order valence-corrected chi connectivity index (χ3v) is 7.07. The van der Waals surface area contributed by atoms with Crippen LogP contribution in [0.1, 0.15) is 27.7 Å². The average Bonchev–Trinajstić information content (AvgIpc) is 2.95. The van der Waals surface area contributed by atoms with Gasteiger partial charge in [-0.25, -0.2) is 14.9 Å². The van der Waals surface area contributed by atoms with Crippen LogP contribution in [0.2, 0.25) is 0 Å². The van der Waals surface area contributed by atoms with Crippen LogP contribution in [-0.4, -0.2) is 21.8 Å². The Hall–Kier alpha value is -3.86. The Balaban J connectivity index is 1.71. The third-order valence-electron chi connectivity index (χ3n) is 7.07. The first-order valence-corrected chi connectivity index (χ1v) is 11.0. The van der Waals surface area contributed by atoms with Crippen molar-refractivity contribution in [2.24, 2.45) is 10.8 Å². The number of hydrogen-bond acceptors (Lipinski definition) is 4. The van der Waals surface area contributed by atoms with Crippen LogP contribution >= 0.6 is 0 Å². The second-order valence-electron chi connectivity index (χ2n) is 9.53. The van der Waals surface area contributed by atoms with Crippen molar-refractivity contribution in [1.29, 1.82) is 0 Å². The molecule has 0 spiro atoms. The zero-order valence-electron chi connectivity index (χ0n) is 19.2. The molecule has 1 fully saturated rings. The predicted molar refractivity (Wildman–Crippen MR) is 130 cm³/mol. The zero-order valence-corrected chi connectivity index (χ0v) is 19.2. The van der Waals surface area contributed by atoms with Gasteiger partial charge in [0.05, 0.1) is 22.0 Å². The lowest BCUT2D eigenvalue weighted by atomic mass is 9.70. The van der Waals surface area contributed by atoms with E-state index >= 15 is 0 Å². The molecule has 4 aromatic rings. The Kier molecular flexibility index (Phi) is 4.67. The van der Waals surface area contributed by atoms with Gasteiger partial charge >= 0.3 is 0 Å². The van der Waals surface area contributed by atoms with Gasteiger partial charge in [-0.15, -0.1) is 0 Å². The van der Waals surface area contributed by atoms with Crippen LogP contribution in [0.25, 0.3) is 33.3 Å². The summed E-state index contributed by atoms with van der Waals surface area (Å²) < 4.78 is 0. The Labute approximate surface area is 193 Å². The fourth-order valence-electron chi connectivity index (χ4n) is 4.23. The summed E-state index contributed by atoms with van der Waals surface area (Å²) >= 11 is 0. The number of fused-ring (bicyclic) bond motifs is 1. The van der Waals surface area contributed by atoms with E-state index in [2.05, 4.69) is 29.2 Å². The molecule has 5 nitrogen and oxygen atoms in total. The molecule has 2 heterocycles. The molecule has 5 rings (SSSR count). The fraction of sp³-hybridized carbons (Fsp3) is 0.214. The van der Waals surface area contributed by atoms with Crippen LogP contribution in [0.4, 0.5) is 5.95 Å². The summed E-state index contributed by atoms with van der Waals surface area (Å²) in [6, 6.07) is 25.9. The molecule has 0 radical (unpaired) electrons. The molecule has 0 aliphatic carbocycles. The van der Waals surface area contributed by atoms with E-state index in [1.807, 2.05) is 54.6 Å². The SMILES string of the molecule is CC1(C)C(=O)N(c2nc(-c3cccc(-c4ccccc4)c3)c3ccccc3n2)C(=O)C1(C)C. The van der Waals surface area contributed by atoms with Gasteiger partial charge in [-0.2, -0.15) is 0 Å². The molecule has 1 saturated heterocycles. The lowest BCUT2D eigenvalue weighted by molar-refractivity contribution is -0.129. The monoisotopic (exact) mass is 435 g/mol. The van der Waals surface area contributed by atoms with E-state index in [0.29, 0.717) is 11.2 Å². The highest BCUT2D eigenvalue weighted by Gasteiger charge is 2.60. The summed E-state index contributed by atoms with van der Waals surface area (Å²) in [5.41, 5.74) is 2.73. The van der Waals surface area contributed by atoms with Crippen molar-refractivity contribution in [2.75, 3.05) is 4.90 Å². The molecule has 1 aromatic heterocycles. The van der Waals surface area contributed by atoms with Crippen molar-refractivity contribution in [3.8, 4) is 22.4 Å². The van der Waals surface area contributed by atoms with Crippen LogP contribution in [0.5, 0.6) is 0 Å². The number of benzene rings is 3. The molecule has 0 N–H and O–H groups in total. The van der Waals surface area contributed by atoms with Crippen LogP contribution in [0.15, 0.2) is 78.9 Å². The van der Waals surface area contributed by atoms with E-state index in [-0.39, 0.29) is 17.8 Å². The highest BCUT2D eigenvalue weighted by molar-refractivity contribution is 6.24. The van der Waals surface area contributed by atoms with Crippen LogP contribution in [0.3, 0.4) is 0 Å². The van der Waals surface area contributed by atoms with Crippen molar-refractivity contribution in [2.45, 2.75) is 27.7 Å². The molecule has 1 aliphatic heterocycles. The van der Waals surface area contributed by atoms with Crippen molar-refractivity contribution >= 4 is 28.7 Å². The molecule has 3 aromatic carbocycles. The smallest absolute Gasteiger partial charge is 0.242 e. The molecule has 2 amide bonds. The number of para-hydroxylation sites is 1. The molecule has 0 atom stereocenters. The molecular weight excluding hydrogens is 410 g/mol. The van der Waals surface area contributed by atoms with Crippen molar-refractivity contribution in [3.63, 3.8) is 0 Å². The molecular formula is C28H25N3O2. The minimum atomic E-state index is -0.855. The third kappa shape index (κ3) is 3.15. The summed E-state index contributed by atoms with van der Waals surface area (Å²) in [6.45, 7) is 7.22. The number of anilines is 1. The quantitative estimate of drug-likeness (QED) is 0.377. The topological polar surface area (TPSA) is 63.2 Å². The number of imide groups is 1. The van der Waals surface area contributed by atoms with Gasteiger partial charge in [0, 0.05) is 10.9 Å². The lowest BCUT2D eigenvalue weighted by Gasteiger charge is -2.28. The van der Waals surface area contributed by atoms with Crippen LogP contribution in [-0.2, 0) is 9.59 Å². The number of hydrogen-bond donors (Lipinski definition) is 0. The Morgan fingerprint density at radius 2 is 1.21 bits per heavy atom. The van der Waals surface area contributed by atoms with Crippen molar-refractivity contribution in [1.82, 2.24) is 9.97 Å². The number of carbonyl (C=O) groups is 2. The van der Waals surface area contributed by atoms with E-state index < -0.39 is 10.8 Å². The van der Waals surface area contributed by atoms with E-state index in [1.165, 1.54) is 0 Å². The van der Waals surface area contributed by atoms with Gasteiger partial charge in [0.15, 0.2) is 0 Å². The van der Waals surface area contributed by atoms with Gasteiger partial charge in [-0.05, 0) is 51.0 Å². The maximum Gasteiger partial charge on any atom is 0.242 e. The van der Waals surface area contributed by atoms with E-state index in [0.717, 1.165) is 27.0 Å². The first kappa shape index (κ1) is 21.0. The highest BCUT2D eigenvalue weighted by Crippen LogP contribution is 2.48. The highest BCUT2D eigenvalue weighted by atomic mass is 16.2. The van der Waals surface area contributed by atoms with E-state index in [9.17, 15) is 9.59 Å².